The maximum atomic E-state index is 11.7. The molecule has 214 valence electrons. The van der Waals surface area contributed by atoms with Crippen molar-refractivity contribution in [2.24, 2.45) is 0 Å². The Labute approximate surface area is 242 Å². The molecule has 5 rings (SSSR count). The number of H-pyrrole nitrogens is 1. The van der Waals surface area contributed by atoms with Gasteiger partial charge in [-0.25, -0.2) is 4.79 Å². The number of phenolic OH excluding ortho intramolecular Hbond substituents is 1. The highest BCUT2D eigenvalue weighted by Crippen LogP contribution is 2.29. The number of fused-ring (bicyclic) bond motifs is 1. The van der Waals surface area contributed by atoms with Crippen molar-refractivity contribution in [3.63, 3.8) is 0 Å². The number of carbonyl (C=O) groups is 1. The highest BCUT2D eigenvalue weighted by Gasteiger charge is 2.17. The molecular weight excluding hydrogens is 534 g/mol. The lowest BCUT2D eigenvalue weighted by Gasteiger charge is -2.19. The second-order valence-corrected chi connectivity index (χ2v) is 9.91. The minimum atomic E-state index is -1.11. The highest BCUT2D eigenvalue weighted by atomic mass is 16.5. The van der Waals surface area contributed by atoms with E-state index in [1.165, 1.54) is 12.1 Å². The van der Waals surface area contributed by atoms with E-state index in [2.05, 4.69) is 15.6 Å². The number of pyridine rings is 1. The summed E-state index contributed by atoms with van der Waals surface area (Å²) in [5.74, 6) is 0.569. The molecular formula is C33H31N3O6. The lowest BCUT2D eigenvalue weighted by Crippen LogP contribution is -2.27. The van der Waals surface area contributed by atoms with Crippen LogP contribution < -0.4 is 20.9 Å². The van der Waals surface area contributed by atoms with Gasteiger partial charge in [-0.05, 0) is 52.1 Å². The molecule has 9 heteroatoms. The van der Waals surface area contributed by atoms with E-state index in [1.807, 2.05) is 78.9 Å². The average Bonchev–Trinajstić information content (AvgIpc) is 3.00. The van der Waals surface area contributed by atoms with Gasteiger partial charge in [0, 0.05) is 24.5 Å². The van der Waals surface area contributed by atoms with Gasteiger partial charge < -0.3 is 35.7 Å². The number of aliphatic hydroxyl groups is 1. The summed E-state index contributed by atoms with van der Waals surface area (Å²) in [4.78, 5) is 25.7. The van der Waals surface area contributed by atoms with E-state index in [1.54, 1.807) is 12.1 Å². The van der Waals surface area contributed by atoms with Crippen LogP contribution in [0.1, 0.15) is 40.0 Å². The summed E-state index contributed by atoms with van der Waals surface area (Å²) in [6.07, 6.45) is -1.96. The summed E-state index contributed by atoms with van der Waals surface area (Å²) in [6, 6.07) is 30.2. The molecule has 0 bridgehead atoms. The molecule has 1 aromatic heterocycles. The Morgan fingerprint density at radius 2 is 1.62 bits per heavy atom. The van der Waals surface area contributed by atoms with E-state index in [0.717, 1.165) is 22.3 Å². The van der Waals surface area contributed by atoms with Crippen molar-refractivity contribution in [1.29, 1.82) is 0 Å². The molecule has 0 spiro atoms. The third kappa shape index (κ3) is 6.95. The van der Waals surface area contributed by atoms with Crippen molar-refractivity contribution in [3.8, 4) is 11.5 Å². The van der Waals surface area contributed by atoms with Crippen molar-refractivity contribution in [3.05, 3.63) is 141 Å². The van der Waals surface area contributed by atoms with Gasteiger partial charge in [0.2, 0.25) is 5.56 Å². The fourth-order valence-corrected chi connectivity index (χ4v) is 4.92. The number of amides is 1. The quantitative estimate of drug-likeness (QED) is 0.132. The minimum Gasteiger partial charge on any atom is -0.506 e. The van der Waals surface area contributed by atoms with E-state index in [9.17, 15) is 24.9 Å². The number of hydrogen-bond donors (Lipinski definition) is 6. The largest absolute Gasteiger partial charge is 0.506 e. The van der Waals surface area contributed by atoms with Crippen LogP contribution in [-0.4, -0.2) is 32.9 Å². The number of aromatic hydroxyl groups is 1. The summed E-state index contributed by atoms with van der Waals surface area (Å²) in [6.45, 7) is 1.09. The van der Waals surface area contributed by atoms with E-state index in [-0.39, 0.29) is 17.9 Å². The van der Waals surface area contributed by atoms with Crippen molar-refractivity contribution >= 4 is 17.0 Å². The number of nitrogens with one attached hydrogen (secondary N) is 3. The molecule has 5 aromatic rings. The molecule has 0 aliphatic carbocycles. The third-order valence-electron chi connectivity index (χ3n) is 6.92. The van der Waals surface area contributed by atoms with Gasteiger partial charge >= 0.3 is 6.09 Å². The lowest BCUT2D eigenvalue weighted by molar-refractivity contribution is 0.176. The predicted octanol–water partition coefficient (Wildman–Crippen LogP) is 4.99. The second kappa shape index (κ2) is 13.0. The zero-order chi connectivity index (χ0) is 29.5. The Hall–Kier alpha value is -5.12. The van der Waals surface area contributed by atoms with Gasteiger partial charge in [0.15, 0.2) is 0 Å². The minimum absolute atomic E-state index is 0.0506. The number of hydrogen-bond acceptors (Lipinski definition) is 6. The van der Waals surface area contributed by atoms with Crippen LogP contribution in [0.3, 0.4) is 0 Å². The first kappa shape index (κ1) is 28.4. The van der Waals surface area contributed by atoms with Crippen molar-refractivity contribution in [2.45, 2.75) is 25.3 Å². The fraction of sp³-hybridized carbons (Fsp3) is 0.152. The number of rotatable bonds is 11. The normalized spacial score (nSPS) is 12.5. The zero-order valence-corrected chi connectivity index (χ0v) is 22.7. The summed E-state index contributed by atoms with van der Waals surface area (Å²) in [5, 5.41) is 36.7. The van der Waals surface area contributed by atoms with Gasteiger partial charge in [0.25, 0.3) is 0 Å². The van der Waals surface area contributed by atoms with E-state index in [0.29, 0.717) is 35.4 Å². The molecule has 9 nitrogen and oxygen atoms in total. The molecule has 1 heterocycles. The van der Waals surface area contributed by atoms with Gasteiger partial charge in [0.05, 0.1) is 17.7 Å². The number of aromatic nitrogens is 1. The monoisotopic (exact) mass is 565 g/mol. The van der Waals surface area contributed by atoms with Gasteiger partial charge in [-0.2, -0.15) is 0 Å². The summed E-state index contributed by atoms with van der Waals surface area (Å²) in [5.41, 5.74) is 4.13. The molecule has 4 aromatic carbocycles. The van der Waals surface area contributed by atoms with Crippen molar-refractivity contribution < 1.29 is 24.9 Å². The number of carboxylic acid groups (broad SMARTS) is 1. The third-order valence-corrected chi connectivity index (χ3v) is 6.92. The van der Waals surface area contributed by atoms with E-state index < -0.39 is 18.2 Å². The molecule has 0 saturated carbocycles. The topological polar surface area (TPSA) is 144 Å². The molecule has 0 aliphatic rings. The van der Waals surface area contributed by atoms with Crippen LogP contribution in [0.4, 0.5) is 4.79 Å². The number of aliphatic hydroxyl groups excluding tert-OH is 1. The molecule has 0 aliphatic heterocycles. The number of benzene rings is 4. The standard InChI is InChI=1S/C33H31N3O6/c37-28-14-12-26(27-13-15-30(39)35-32(27)28)29(38)19-34-18-21-6-4-7-22(16-21)20-42-25-11-5-10-24(17-25)31(36-33(40)41)23-8-2-1-3-9-23/h1-17,29,31,34,36-38H,18-20H2,(H,35,39)(H,40,41). The van der Waals surface area contributed by atoms with E-state index >= 15 is 0 Å². The molecule has 6 N–H and O–H groups in total. The second-order valence-electron chi connectivity index (χ2n) is 9.91. The lowest BCUT2D eigenvalue weighted by atomic mass is 9.98. The predicted molar refractivity (Wildman–Crippen MR) is 160 cm³/mol. The molecule has 42 heavy (non-hydrogen) atoms. The maximum Gasteiger partial charge on any atom is 0.405 e. The van der Waals surface area contributed by atoms with Gasteiger partial charge in [-0.15, -0.1) is 0 Å². The smallest absolute Gasteiger partial charge is 0.405 e. The molecule has 1 amide bonds. The Morgan fingerprint density at radius 1 is 0.857 bits per heavy atom. The summed E-state index contributed by atoms with van der Waals surface area (Å²) in [7, 11) is 0. The number of ether oxygens (including phenoxy) is 1. The van der Waals surface area contributed by atoms with Crippen LogP contribution in [0.25, 0.3) is 10.9 Å². The van der Waals surface area contributed by atoms with Crippen LogP contribution in [0.15, 0.2) is 108 Å². The summed E-state index contributed by atoms with van der Waals surface area (Å²) >= 11 is 0. The first-order valence-electron chi connectivity index (χ1n) is 13.5. The average molecular weight is 566 g/mol. The SMILES string of the molecule is O=C(O)NC(c1ccccc1)c1cccc(OCc2cccc(CNCC(O)c3ccc(O)c4[nH]c(=O)ccc34)c2)c1. The summed E-state index contributed by atoms with van der Waals surface area (Å²) < 4.78 is 6.06. The first-order chi connectivity index (χ1) is 20.4. The Morgan fingerprint density at radius 3 is 2.43 bits per heavy atom. The molecule has 2 atom stereocenters. The molecule has 0 radical (unpaired) electrons. The molecule has 0 fully saturated rings. The van der Waals surface area contributed by atoms with Gasteiger partial charge in [-0.1, -0.05) is 72.8 Å². The van der Waals surface area contributed by atoms with E-state index in [4.69, 9.17) is 4.74 Å². The highest BCUT2D eigenvalue weighted by molar-refractivity contribution is 5.87. The van der Waals surface area contributed by atoms with Gasteiger partial charge in [0.1, 0.15) is 18.1 Å². The van der Waals surface area contributed by atoms with Crippen LogP contribution in [0.5, 0.6) is 11.5 Å². The molecule has 0 saturated heterocycles. The zero-order valence-electron chi connectivity index (χ0n) is 22.7. The van der Waals surface area contributed by atoms with Gasteiger partial charge in [-0.3, -0.25) is 4.79 Å². The Bertz CT molecular complexity index is 1740. The van der Waals surface area contributed by atoms with Crippen LogP contribution >= 0.6 is 0 Å². The molecule has 2 unspecified atom stereocenters. The first-order valence-corrected chi connectivity index (χ1v) is 13.5. The number of phenols is 1. The van der Waals surface area contributed by atoms with Crippen LogP contribution in [0.2, 0.25) is 0 Å². The Kier molecular flexibility index (Phi) is 8.81. The van der Waals surface area contributed by atoms with Crippen LogP contribution in [-0.2, 0) is 13.2 Å². The Balaban J connectivity index is 1.20. The maximum absolute atomic E-state index is 11.7. The van der Waals surface area contributed by atoms with Crippen molar-refractivity contribution in [1.82, 2.24) is 15.6 Å². The van der Waals surface area contributed by atoms with Crippen LogP contribution in [0, 0.1) is 0 Å². The fourth-order valence-electron chi connectivity index (χ4n) is 4.92. The van der Waals surface area contributed by atoms with Crippen molar-refractivity contribution in [2.75, 3.05) is 6.54 Å². The number of aromatic amines is 1.